The molecule has 0 bridgehead atoms. The second kappa shape index (κ2) is 6.73. The van der Waals surface area contributed by atoms with Crippen molar-refractivity contribution in [2.24, 2.45) is 0 Å². The van der Waals surface area contributed by atoms with Crippen LogP contribution >= 0.6 is 0 Å². The fourth-order valence-corrected chi connectivity index (χ4v) is 1.40. The maximum Gasteiger partial charge on any atom is 0.258 e. The monoisotopic (exact) mass is 251 g/mol. The summed E-state index contributed by atoms with van der Waals surface area (Å²) >= 11 is 0. The van der Waals surface area contributed by atoms with Gasteiger partial charge in [0.1, 0.15) is 0 Å². The third-order valence-corrected chi connectivity index (χ3v) is 2.30. The van der Waals surface area contributed by atoms with Crippen LogP contribution in [0.25, 0.3) is 0 Å². The van der Waals surface area contributed by atoms with E-state index in [1.807, 2.05) is 30.3 Å². The van der Waals surface area contributed by atoms with E-state index >= 15 is 0 Å². The van der Waals surface area contributed by atoms with E-state index in [0.717, 1.165) is 15.7 Å². The largest absolute Gasteiger partial charge is 0.347 e. The molecule has 1 rings (SSSR count). The Kier molecular flexibility index (Phi) is 5.29. The van der Waals surface area contributed by atoms with Crippen LogP contribution in [0.15, 0.2) is 30.3 Å². The SMILES string of the molecule is CC(=O)NCC(=O)N(Cc1ccccc1)N(C)O. The Morgan fingerprint density at radius 1 is 1.28 bits per heavy atom. The van der Waals surface area contributed by atoms with Crippen molar-refractivity contribution in [3.05, 3.63) is 35.9 Å². The lowest BCUT2D eigenvalue weighted by Gasteiger charge is -2.27. The maximum absolute atomic E-state index is 11.8. The highest BCUT2D eigenvalue weighted by Gasteiger charge is 2.17. The van der Waals surface area contributed by atoms with E-state index in [4.69, 9.17) is 0 Å². The number of rotatable bonds is 5. The molecule has 18 heavy (non-hydrogen) atoms. The van der Waals surface area contributed by atoms with Crippen LogP contribution in [0.1, 0.15) is 12.5 Å². The van der Waals surface area contributed by atoms with Gasteiger partial charge in [0.25, 0.3) is 5.91 Å². The lowest BCUT2D eigenvalue weighted by atomic mass is 10.2. The van der Waals surface area contributed by atoms with Crippen LogP contribution in [-0.4, -0.2) is 40.8 Å². The predicted octanol–water partition coefficient (Wildman–Crippen LogP) is 0.387. The van der Waals surface area contributed by atoms with Crippen molar-refractivity contribution in [1.82, 2.24) is 15.5 Å². The molecule has 98 valence electrons. The van der Waals surface area contributed by atoms with Gasteiger partial charge in [-0.3, -0.25) is 14.8 Å². The highest BCUT2D eigenvalue weighted by Crippen LogP contribution is 2.05. The van der Waals surface area contributed by atoms with Crippen LogP contribution < -0.4 is 5.32 Å². The number of nitrogens with one attached hydrogen (secondary N) is 1. The number of benzene rings is 1. The van der Waals surface area contributed by atoms with E-state index < -0.39 is 0 Å². The topological polar surface area (TPSA) is 72.9 Å². The Labute approximate surface area is 106 Å². The highest BCUT2D eigenvalue weighted by molar-refractivity contribution is 5.83. The summed E-state index contributed by atoms with van der Waals surface area (Å²) in [7, 11) is 1.36. The van der Waals surface area contributed by atoms with Gasteiger partial charge in [-0.15, -0.1) is 5.17 Å². The van der Waals surface area contributed by atoms with Crippen LogP contribution in [0.5, 0.6) is 0 Å². The molecule has 6 heteroatoms. The number of hydrogen-bond donors (Lipinski definition) is 2. The van der Waals surface area contributed by atoms with Crippen LogP contribution in [0, 0.1) is 0 Å². The molecule has 0 saturated carbocycles. The van der Waals surface area contributed by atoms with Gasteiger partial charge in [-0.25, -0.2) is 5.01 Å². The third kappa shape index (κ3) is 4.52. The Balaban J connectivity index is 2.65. The fourth-order valence-electron chi connectivity index (χ4n) is 1.40. The molecule has 2 N–H and O–H groups in total. The van der Waals surface area contributed by atoms with Gasteiger partial charge in [-0.1, -0.05) is 30.3 Å². The lowest BCUT2D eigenvalue weighted by molar-refractivity contribution is -0.228. The molecule has 0 aliphatic heterocycles. The van der Waals surface area contributed by atoms with E-state index in [0.29, 0.717) is 0 Å². The molecule has 0 atom stereocenters. The van der Waals surface area contributed by atoms with Crippen LogP contribution in [0.2, 0.25) is 0 Å². The van der Waals surface area contributed by atoms with Gasteiger partial charge in [0.2, 0.25) is 5.91 Å². The normalized spacial score (nSPS) is 10.2. The van der Waals surface area contributed by atoms with E-state index in [2.05, 4.69) is 5.32 Å². The number of carbonyl (C=O) groups is 2. The first kappa shape index (κ1) is 14.1. The molecule has 0 heterocycles. The molecule has 2 amide bonds. The molecular formula is C12H17N3O3. The second-order valence-electron chi connectivity index (χ2n) is 3.84. The molecule has 0 radical (unpaired) electrons. The molecule has 1 aromatic rings. The van der Waals surface area contributed by atoms with E-state index in [-0.39, 0.29) is 24.9 Å². The first-order valence-electron chi connectivity index (χ1n) is 5.52. The number of hydrogen-bond acceptors (Lipinski definition) is 4. The fraction of sp³-hybridized carbons (Fsp3) is 0.333. The molecule has 0 saturated heterocycles. The average Bonchev–Trinajstić information content (AvgIpc) is 2.34. The summed E-state index contributed by atoms with van der Waals surface area (Å²) in [6, 6.07) is 9.27. The van der Waals surface area contributed by atoms with Crippen LogP contribution in [-0.2, 0) is 16.1 Å². The van der Waals surface area contributed by atoms with Crippen LogP contribution in [0.4, 0.5) is 0 Å². The zero-order valence-corrected chi connectivity index (χ0v) is 10.5. The Bertz CT molecular complexity index is 406. The summed E-state index contributed by atoms with van der Waals surface area (Å²) in [6.45, 7) is 1.43. The zero-order valence-electron chi connectivity index (χ0n) is 10.5. The Morgan fingerprint density at radius 2 is 1.89 bits per heavy atom. The van der Waals surface area contributed by atoms with Gasteiger partial charge in [0.05, 0.1) is 13.1 Å². The summed E-state index contributed by atoms with van der Waals surface area (Å²) < 4.78 is 0. The summed E-state index contributed by atoms with van der Waals surface area (Å²) in [5, 5.41) is 13.7. The summed E-state index contributed by atoms with van der Waals surface area (Å²) in [4.78, 5) is 22.5. The smallest absolute Gasteiger partial charge is 0.258 e. The van der Waals surface area contributed by atoms with Gasteiger partial charge in [0.15, 0.2) is 0 Å². The predicted molar refractivity (Wildman–Crippen MR) is 65.2 cm³/mol. The molecule has 0 fully saturated rings. The minimum Gasteiger partial charge on any atom is -0.347 e. The minimum absolute atomic E-state index is 0.146. The standard InChI is InChI=1S/C12H17N3O3/c1-10(16)13-8-12(17)15(14(2)18)9-11-6-4-3-5-7-11/h3-7,18H,8-9H2,1-2H3,(H,13,16). The number of amides is 2. The zero-order chi connectivity index (χ0) is 13.5. The van der Waals surface area contributed by atoms with E-state index in [1.165, 1.54) is 14.0 Å². The van der Waals surface area contributed by atoms with Crippen molar-refractivity contribution in [1.29, 1.82) is 0 Å². The van der Waals surface area contributed by atoms with Crippen molar-refractivity contribution in [3.63, 3.8) is 0 Å². The van der Waals surface area contributed by atoms with Crippen molar-refractivity contribution in [3.8, 4) is 0 Å². The van der Waals surface area contributed by atoms with Gasteiger partial charge < -0.3 is 5.32 Å². The number of hydroxylamine groups is 1. The highest BCUT2D eigenvalue weighted by atomic mass is 16.5. The molecule has 6 nitrogen and oxygen atoms in total. The Hall–Kier alpha value is -1.92. The molecule has 0 aromatic heterocycles. The van der Waals surface area contributed by atoms with Crippen molar-refractivity contribution in [2.45, 2.75) is 13.5 Å². The summed E-state index contributed by atoms with van der Waals surface area (Å²) in [5.41, 5.74) is 0.884. The van der Waals surface area contributed by atoms with Crippen LogP contribution in [0.3, 0.4) is 0 Å². The van der Waals surface area contributed by atoms with Crippen molar-refractivity contribution >= 4 is 11.8 Å². The second-order valence-corrected chi connectivity index (χ2v) is 3.84. The Morgan fingerprint density at radius 3 is 2.39 bits per heavy atom. The quantitative estimate of drug-likeness (QED) is 0.742. The molecular weight excluding hydrogens is 234 g/mol. The first-order chi connectivity index (χ1) is 8.50. The van der Waals surface area contributed by atoms with Gasteiger partial charge >= 0.3 is 0 Å². The van der Waals surface area contributed by atoms with Gasteiger partial charge in [-0.2, -0.15) is 0 Å². The summed E-state index contributed by atoms with van der Waals surface area (Å²) in [5.74, 6) is -0.678. The maximum atomic E-state index is 11.8. The lowest BCUT2D eigenvalue weighted by Crippen LogP contribution is -2.46. The number of carbonyl (C=O) groups excluding carboxylic acids is 2. The van der Waals surface area contributed by atoms with Crippen molar-refractivity contribution < 1.29 is 14.8 Å². The molecule has 0 aliphatic carbocycles. The molecule has 0 aliphatic rings. The molecule has 1 aromatic carbocycles. The third-order valence-electron chi connectivity index (χ3n) is 2.30. The number of nitrogens with zero attached hydrogens (tertiary/aromatic N) is 2. The average molecular weight is 251 g/mol. The number of hydrazine groups is 1. The minimum atomic E-state index is -0.390. The molecule has 0 spiro atoms. The summed E-state index contributed by atoms with van der Waals surface area (Å²) in [6.07, 6.45) is 0. The molecule has 0 unspecified atom stereocenters. The van der Waals surface area contributed by atoms with Crippen molar-refractivity contribution in [2.75, 3.05) is 13.6 Å². The van der Waals surface area contributed by atoms with E-state index in [1.54, 1.807) is 0 Å². The van der Waals surface area contributed by atoms with E-state index in [9.17, 15) is 14.8 Å². The van der Waals surface area contributed by atoms with Gasteiger partial charge in [-0.05, 0) is 5.56 Å². The van der Waals surface area contributed by atoms with Gasteiger partial charge in [0, 0.05) is 14.0 Å². The first-order valence-corrected chi connectivity index (χ1v) is 5.52.